The fourth-order valence-electron chi connectivity index (χ4n) is 3.56. The van der Waals surface area contributed by atoms with E-state index in [4.69, 9.17) is 0 Å². The molecule has 6 heteroatoms. The largest absolute Gasteiger partial charge is 0.325 e. The third-order valence-electron chi connectivity index (χ3n) is 4.92. The van der Waals surface area contributed by atoms with Gasteiger partial charge < -0.3 is 5.32 Å². The Morgan fingerprint density at radius 2 is 2.00 bits per heavy atom. The van der Waals surface area contributed by atoms with Gasteiger partial charge in [-0.25, -0.2) is 4.79 Å². The van der Waals surface area contributed by atoms with Gasteiger partial charge in [-0.2, -0.15) is 5.10 Å². The molecule has 2 aliphatic rings. The number of aromatic nitrogens is 2. The second kappa shape index (κ2) is 4.94. The lowest BCUT2D eigenvalue weighted by Gasteiger charge is -2.32. The van der Waals surface area contributed by atoms with E-state index in [1.165, 1.54) is 10.5 Å². The molecular weight excluding hydrogens is 292 g/mol. The van der Waals surface area contributed by atoms with Crippen LogP contribution in [0, 0.1) is 0 Å². The van der Waals surface area contributed by atoms with E-state index in [9.17, 15) is 9.59 Å². The number of aryl methyl sites for hydroxylation is 2. The first-order valence-electron chi connectivity index (χ1n) is 7.77. The van der Waals surface area contributed by atoms with E-state index in [0.717, 1.165) is 17.7 Å². The van der Waals surface area contributed by atoms with Crippen LogP contribution in [-0.4, -0.2) is 32.2 Å². The second-order valence-corrected chi connectivity index (χ2v) is 6.30. The average Bonchev–Trinajstić information content (AvgIpc) is 3.05. The molecule has 2 aromatic rings. The fraction of sp³-hybridized carbons (Fsp3) is 0.353. The van der Waals surface area contributed by atoms with Gasteiger partial charge in [-0.15, -0.1) is 0 Å². The first-order chi connectivity index (χ1) is 11.1. The second-order valence-electron chi connectivity index (χ2n) is 6.30. The molecule has 23 heavy (non-hydrogen) atoms. The summed E-state index contributed by atoms with van der Waals surface area (Å²) in [6.07, 6.45) is 3.69. The first kappa shape index (κ1) is 14.0. The van der Waals surface area contributed by atoms with E-state index in [0.29, 0.717) is 12.8 Å². The summed E-state index contributed by atoms with van der Waals surface area (Å²) < 4.78 is 1.68. The predicted octanol–water partition coefficient (Wildman–Crippen LogP) is 1.40. The number of nitrogens with one attached hydrogen (secondary N) is 1. The van der Waals surface area contributed by atoms with Gasteiger partial charge in [-0.05, 0) is 30.0 Å². The van der Waals surface area contributed by atoms with E-state index in [2.05, 4.69) is 16.5 Å². The number of hydrogen-bond donors (Lipinski definition) is 1. The van der Waals surface area contributed by atoms with Crippen molar-refractivity contribution in [2.75, 3.05) is 0 Å². The lowest BCUT2D eigenvalue weighted by molar-refractivity contribution is -0.132. The summed E-state index contributed by atoms with van der Waals surface area (Å²) in [5.74, 6) is -0.127. The van der Waals surface area contributed by atoms with Crippen molar-refractivity contribution in [1.82, 2.24) is 20.0 Å². The highest BCUT2D eigenvalue weighted by atomic mass is 16.2. The monoisotopic (exact) mass is 310 g/mol. The Labute approximate surface area is 134 Å². The highest BCUT2D eigenvalue weighted by Crippen LogP contribution is 2.34. The number of rotatable bonds is 2. The lowest BCUT2D eigenvalue weighted by atomic mass is 9.78. The summed E-state index contributed by atoms with van der Waals surface area (Å²) in [7, 11) is 1.81. The van der Waals surface area contributed by atoms with Crippen LogP contribution in [0.5, 0.6) is 0 Å². The van der Waals surface area contributed by atoms with Crippen molar-refractivity contribution >= 4 is 11.9 Å². The molecule has 1 aliphatic carbocycles. The van der Waals surface area contributed by atoms with Crippen molar-refractivity contribution < 1.29 is 9.59 Å². The summed E-state index contributed by atoms with van der Waals surface area (Å²) >= 11 is 0. The molecule has 1 atom stereocenters. The van der Waals surface area contributed by atoms with Crippen LogP contribution in [0.1, 0.15) is 23.2 Å². The number of hydrogen-bond acceptors (Lipinski definition) is 3. The minimum absolute atomic E-state index is 0.127. The molecule has 0 radical (unpaired) electrons. The van der Waals surface area contributed by atoms with E-state index in [-0.39, 0.29) is 18.5 Å². The maximum absolute atomic E-state index is 13.0. The van der Waals surface area contributed by atoms with Gasteiger partial charge in [0.1, 0.15) is 5.54 Å². The van der Waals surface area contributed by atoms with Crippen molar-refractivity contribution in [2.24, 2.45) is 7.05 Å². The molecule has 1 aromatic carbocycles. The van der Waals surface area contributed by atoms with Crippen molar-refractivity contribution in [3.8, 4) is 0 Å². The molecular formula is C17H18N4O2. The summed E-state index contributed by atoms with van der Waals surface area (Å²) in [5.41, 5.74) is 2.46. The highest BCUT2D eigenvalue weighted by molar-refractivity contribution is 6.07. The number of carbonyl (C=O) groups is 2. The number of urea groups is 1. The number of amides is 3. The van der Waals surface area contributed by atoms with Gasteiger partial charge >= 0.3 is 6.03 Å². The number of imide groups is 1. The van der Waals surface area contributed by atoms with Crippen LogP contribution in [0.15, 0.2) is 36.5 Å². The smallest absolute Gasteiger partial charge is 0.323 e. The standard InChI is InChI=1S/C17H18N4O2/c1-20-14(7-9-18-20)11-21-15(22)17(19-16(21)23)8-6-12-4-2-3-5-13(12)10-17/h2-5,7,9H,6,8,10-11H2,1H3,(H,19,23)/t17-/m0/s1. The van der Waals surface area contributed by atoms with E-state index >= 15 is 0 Å². The molecule has 1 fully saturated rings. The molecule has 2 heterocycles. The zero-order chi connectivity index (χ0) is 16.0. The topological polar surface area (TPSA) is 67.2 Å². The molecule has 0 unspecified atom stereocenters. The van der Waals surface area contributed by atoms with Gasteiger partial charge in [-0.3, -0.25) is 14.4 Å². The molecule has 6 nitrogen and oxygen atoms in total. The zero-order valence-corrected chi connectivity index (χ0v) is 13.0. The average molecular weight is 310 g/mol. The number of nitrogens with zero attached hydrogens (tertiary/aromatic N) is 3. The van der Waals surface area contributed by atoms with Crippen LogP contribution in [0.25, 0.3) is 0 Å². The molecule has 118 valence electrons. The number of fused-ring (bicyclic) bond motifs is 1. The van der Waals surface area contributed by atoms with Gasteiger partial charge in [0.2, 0.25) is 0 Å². The minimum atomic E-state index is -0.788. The van der Waals surface area contributed by atoms with Gasteiger partial charge in [0.15, 0.2) is 0 Å². The van der Waals surface area contributed by atoms with Gasteiger partial charge in [0, 0.05) is 19.7 Å². The highest BCUT2D eigenvalue weighted by Gasteiger charge is 2.52. The molecule has 0 bridgehead atoms. The number of benzene rings is 1. The molecule has 0 saturated carbocycles. The van der Waals surface area contributed by atoms with Gasteiger partial charge in [-0.1, -0.05) is 24.3 Å². The van der Waals surface area contributed by atoms with Crippen molar-refractivity contribution in [1.29, 1.82) is 0 Å². The lowest BCUT2D eigenvalue weighted by Crippen LogP contribution is -2.51. The minimum Gasteiger partial charge on any atom is -0.323 e. The van der Waals surface area contributed by atoms with Gasteiger partial charge in [0.25, 0.3) is 5.91 Å². The SMILES string of the molecule is Cn1nccc1CN1C(=O)N[C@]2(CCc3ccccc3C2)C1=O. The quantitative estimate of drug-likeness (QED) is 0.853. The van der Waals surface area contributed by atoms with Crippen molar-refractivity contribution in [3.05, 3.63) is 53.3 Å². The Kier molecular flexibility index (Phi) is 3.01. The van der Waals surface area contributed by atoms with E-state index < -0.39 is 5.54 Å². The van der Waals surface area contributed by atoms with Crippen LogP contribution in [0.2, 0.25) is 0 Å². The predicted molar refractivity (Wildman–Crippen MR) is 83.5 cm³/mol. The Morgan fingerprint density at radius 3 is 2.74 bits per heavy atom. The Morgan fingerprint density at radius 1 is 1.22 bits per heavy atom. The first-order valence-corrected chi connectivity index (χ1v) is 7.77. The molecule has 4 rings (SSSR count). The van der Waals surface area contributed by atoms with Crippen molar-refractivity contribution in [3.63, 3.8) is 0 Å². The van der Waals surface area contributed by atoms with Crippen LogP contribution in [0.3, 0.4) is 0 Å². The third kappa shape index (κ3) is 2.13. The molecule has 1 aliphatic heterocycles. The Balaban J connectivity index is 1.62. The molecule has 3 amide bonds. The summed E-state index contributed by atoms with van der Waals surface area (Å²) in [4.78, 5) is 26.6. The van der Waals surface area contributed by atoms with E-state index in [1.54, 1.807) is 17.9 Å². The molecule has 1 N–H and O–H groups in total. The summed E-state index contributed by atoms with van der Waals surface area (Å²) in [5, 5.41) is 7.04. The van der Waals surface area contributed by atoms with Crippen molar-refractivity contribution in [2.45, 2.75) is 31.3 Å². The molecule has 1 aromatic heterocycles. The van der Waals surface area contributed by atoms with Crippen LogP contribution in [0.4, 0.5) is 4.79 Å². The summed E-state index contributed by atoms with van der Waals surface area (Å²) in [6, 6.07) is 9.64. The van der Waals surface area contributed by atoms with Crippen LogP contribution in [-0.2, 0) is 31.2 Å². The summed E-state index contributed by atoms with van der Waals surface area (Å²) in [6.45, 7) is 0.255. The Bertz CT molecular complexity index is 797. The van der Waals surface area contributed by atoms with Gasteiger partial charge in [0.05, 0.1) is 12.2 Å². The van der Waals surface area contributed by atoms with E-state index in [1.807, 2.05) is 24.3 Å². The third-order valence-corrected chi connectivity index (χ3v) is 4.92. The van der Waals surface area contributed by atoms with Crippen LogP contribution >= 0.6 is 0 Å². The van der Waals surface area contributed by atoms with Crippen LogP contribution < -0.4 is 5.32 Å². The fourth-order valence-corrected chi connectivity index (χ4v) is 3.56. The number of carbonyl (C=O) groups excluding carboxylic acids is 2. The normalized spacial score (nSPS) is 23.3. The maximum atomic E-state index is 13.0. The molecule has 1 spiro atoms. The zero-order valence-electron chi connectivity index (χ0n) is 13.0. The molecule has 1 saturated heterocycles. The maximum Gasteiger partial charge on any atom is 0.325 e. The Hall–Kier alpha value is -2.63.